The Labute approximate surface area is 182 Å². The van der Waals surface area contributed by atoms with Crippen molar-refractivity contribution >= 4 is 28.4 Å². The minimum atomic E-state index is 0.0545. The van der Waals surface area contributed by atoms with Crippen molar-refractivity contribution in [1.29, 1.82) is 0 Å². The molecule has 1 saturated heterocycles. The molecule has 4 nitrogen and oxygen atoms in total. The fraction of sp³-hybridized carbons (Fsp3) is 0.400. The van der Waals surface area contributed by atoms with Crippen LogP contribution in [0.4, 0.5) is 0 Å². The molecule has 0 radical (unpaired) electrons. The fourth-order valence-electron chi connectivity index (χ4n) is 4.90. The molecule has 156 valence electrons. The first-order valence-corrected chi connectivity index (χ1v) is 11.4. The van der Waals surface area contributed by atoms with Gasteiger partial charge in [-0.05, 0) is 80.0 Å². The molecule has 5 rings (SSSR count). The normalized spacial score (nSPS) is 17.8. The Morgan fingerprint density at radius 1 is 1.07 bits per heavy atom. The number of nitrogens with one attached hydrogen (secondary N) is 2. The van der Waals surface area contributed by atoms with Gasteiger partial charge in [0.25, 0.3) is 5.91 Å². The van der Waals surface area contributed by atoms with Crippen molar-refractivity contribution in [2.75, 3.05) is 13.1 Å². The van der Waals surface area contributed by atoms with E-state index in [1.54, 1.807) is 0 Å². The molecule has 0 bridgehead atoms. The second-order valence-corrected chi connectivity index (χ2v) is 9.14. The third-order valence-electron chi connectivity index (χ3n) is 6.60. The van der Waals surface area contributed by atoms with Crippen LogP contribution in [0, 0.1) is 0 Å². The third-order valence-corrected chi connectivity index (χ3v) is 6.85. The molecule has 1 aromatic heterocycles. The number of fused-ring (bicyclic) bond motifs is 3. The molecule has 2 aliphatic rings. The topological polar surface area (TPSA) is 48.1 Å². The number of carbonyl (C=O) groups is 1. The van der Waals surface area contributed by atoms with Crippen LogP contribution in [0.5, 0.6) is 0 Å². The first kappa shape index (κ1) is 19.7. The molecular formula is C25H28ClN3O. The number of nitrogens with zero attached hydrogens (tertiary/aromatic N) is 1. The molecule has 1 fully saturated rings. The number of benzene rings is 2. The van der Waals surface area contributed by atoms with E-state index in [9.17, 15) is 4.79 Å². The van der Waals surface area contributed by atoms with Gasteiger partial charge in [-0.15, -0.1) is 0 Å². The van der Waals surface area contributed by atoms with Gasteiger partial charge in [0.2, 0.25) is 0 Å². The van der Waals surface area contributed by atoms with E-state index in [2.05, 4.69) is 39.5 Å². The second-order valence-electron chi connectivity index (χ2n) is 8.70. The van der Waals surface area contributed by atoms with Gasteiger partial charge >= 0.3 is 0 Å². The third kappa shape index (κ3) is 4.12. The van der Waals surface area contributed by atoms with Gasteiger partial charge in [-0.1, -0.05) is 23.7 Å². The number of halogens is 1. The van der Waals surface area contributed by atoms with Crippen LogP contribution in [0.2, 0.25) is 5.02 Å². The molecule has 0 atom stereocenters. The van der Waals surface area contributed by atoms with E-state index in [-0.39, 0.29) is 11.9 Å². The average molecular weight is 422 g/mol. The number of rotatable bonds is 4. The van der Waals surface area contributed by atoms with Gasteiger partial charge in [-0.25, -0.2) is 0 Å². The summed E-state index contributed by atoms with van der Waals surface area (Å²) in [6, 6.07) is 14.4. The molecule has 0 unspecified atom stereocenters. The van der Waals surface area contributed by atoms with E-state index >= 15 is 0 Å². The molecule has 1 aliphatic heterocycles. The summed E-state index contributed by atoms with van der Waals surface area (Å²) in [5, 5.41) is 5.28. The average Bonchev–Trinajstić information content (AvgIpc) is 3.14. The number of aromatic nitrogens is 1. The predicted octanol–water partition coefficient (Wildman–Crippen LogP) is 5.09. The lowest BCUT2D eigenvalue weighted by molar-refractivity contribution is 0.0909. The summed E-state index contributed by atoms with van der Waals surface area (Å²) >= 11 is 5.98. The number of hydrogen-bond donors (Lipinski definition) is 2. The van der Waals surface area contributed by atoms with E-state index in [1.165, 1.54) is 35.0 Å². The van der Waals surface area contributed by atoms with Crippen molar-refractivity contribution < 1.29 is 4.79 Å². The summed E-state index contributed by atoms with van der Waals surface area (Å²) in [7, 11) is 0. The molecule has 2 heterocycles. The number of aryl methyl sites for hydroxylation is 2. The van der Waals surface area contributed by atoms with Crippen molar-refractivity contribution in [3.05, 3.63) is 69.9 Å². The number of amides is 1. The maximum absolute atomic E-state index is 12.9. The standard InChI is InChI=1S/C25H28ClN3O/c26-19-8-5-17(6-9-19)16-29-13-11-20(12-14-29)27-25(30)18-7-10-24-22(15-18)21-3-1-2-4-23(21)28-24/h5-10,15,20,28H,1-4,11-14,16H2,(H,27,30). The molecule has 2 N–H and O–H groups in total. The van der Waals surface area contributed by atoms with Gasteiger partial charge < -0.3 is 10.3 Å². The van der Waals surface area contributed by atoms with Crippen molar-refractivity contribution in [2.24, 2.45) is 0 Å². The lowest BCUT2D eigenvalue weighted by Gasteiger charge is -2.32. The quantitative estimate of drug-likeness (QED) is 0.616. The summed E-state index contributed by atoms with van der Waals surface area (Å²) in [6.07, 6.45) is 6.71. The van der Waals surface area contributed by atoms with Crippen molar-refractivity contribution in [3.63, 3.8) is 0 Å². The molecule has 1 aliphatic carbocycles. The zero-order valence-electron chi connectivity index (χ0n) is 17.2. The summed E-state index contributed by atoms with van der Waals surface area (Å²) in [5.41, 5.74) is 6.00. The number of H-pyrrole nitrogens is 1. The van der Waals surface area contributed by atoms with Crippen LogP contribution in [0.25, 0.3) is 10.9 Å². The van der Waals surface area contributed by atoms with Crippen molar-refractivity contribution in [3.8, 4) is 0 Å². The molecule has 2 aromatic carbocycles. The van der Waals surface area contributed by atoms with Crippen molar-refractivity contribution in [1.82, 2.24) is 15.2 Å². The first-order chi connectivity index (χ1) is 14.7. The maximum atomic E-state index is 12.9. The number of carbonyl (C=O) groups excluding carboxylic acids is 1. The van der Waals surface area contributed by atoms with Crippen LogP contribution in [0.3, 0.4) is 0 Å². The monoisotopic (exact) mass is 421 g/mol. The first-order valence-electron chi connectivity index (χ1n) is 11.1. The zero-order chi connectivity index (χ0) is 20.5. The number of aromatic amines is 1. The Bertz CT molecular complexity index is 1050. The number of hydrogen-bond acceptors (Lipinski definition) is 2. The maximum Gasteiger partial charge on any atom is 0.251 e. The highest BCUT2D eigenvalue weighted by molar-refractivity contribution is 6.30. The summed E-state index contributed by atoms with van der Waals surface area (Å²) < 4.78 is 0. The molecule has 3 aromatic rings. The van der Waals surface area contributed by atoms with Crippen LogP contribution in [-0.4, -0.2) is 34.9 Å². The van der Waals surface area contributed by atoms with E-state index in [0.717, 1.165) is 61.4 Å². The molecule has 30 heavy (non-hydrogen) atoms. The summed E-state index contributed by atoms with van der Waals surface area (Å²) in [6.45, 7) is 2.93. The Morgan fingerprint density at radius 2 is 1.83 bits per heavy atom. The fourth-order valence-corrected chi connectivity index (χ4v) is 5.03. The highest BCUT2D eigenvalue weighted by atomic mass is 35.5. The number of likely N-dealkylation sites (tertiary alicyclic amines) is 1. The van der Waals surface area contributed by atoms with Gasteiger partial charge in [0.15, 0.2) is 0 Å². The lowest BCUT2D eigenvalue weighted by atomic mass is 9.95. The lowest BCUT2D eigenvalue weighted by Crippen LogP contribution is -2.44. The van der Waals surface area contributed by atoms with Gasteiger partial charge in [-0.3, -0.25) is 9.69 Å². The zero-order valence-corrected chi connectivity index (χ0v) is 18.0. The van der Waals surface area contributed by atoms with Gasteiger partial charge in [-0.2, -0.15) is 0 Å². The highest BCUT2D eigenvalue weighted by Gasteiger charge is 2.22. The molecule has 1 amide bonds. The summed E-state index contributed by atoms with van der Waals surface area (Å²) in [5.74, 6) is 0.0545. The van der Waals surface area contributed by atoms with E-state index < -0.39 is 0 Å². The minimum Gasteiger partial charge on any atom is -0.358 e. The minimum absolute atomic E-state index is 0.0545. The Morgan fingerprint density at radius 3 is 2.63 bits per heavy atom. The van der Waals surface area contributed by atoms with E-state index in [1.807, 2.05) is 18.2 Å². The number of piperidine rings is 1. The van der Waals surface area contributed by atoms with E-state index in [4.69, 9.17) is 11.6 Å². The van der Waals surface area contributed by atoms with Gasteiger partial charge in [0.1, 0.15) is 0 Å². The Balaban J connectivity index is 1.19. The van der Waals surface area contributed by atoms with Gasteiger partial charge in [0.05, 0.1) is 0 Å². The van der Waals surface area contributed by atoms with Gasteiger partial charge in [0, 0.05) is 52.9 Å². The van der Waals surface area contributed by atoms with E-state index in [0.29, 0.717) is 0 Å². The van der Waals surface area contributed by atoms with Crippen molar-refractivity contribution in [2.45, 2.75) is 51.1 Å². The van der Waals surface area contributed by atoms with Crippen LogP contribution < -0.4 is 5.32 Å². The van der Waals surface area contributed by atoms with Crippen LogP contribution in [-0.2, 0) is 19.4 Å². The molecule has 0 spiro atoms. The summed E-state index contributed by atoms with van der Waals surface area (Å²) in [4.78, 5) is 18.9. The highest BCUT2D eigenvalue weighted by Crippen LogP contribution is 2.29. The second kappa shape index (κ2) is 8.44. The largest absolute Gasteiger partial charge is 0.358 e. The Kier molecular flexibility index (Phi) is 5.53. The predicted molar refractivity (Wildman–Crippen MR) is 122 cm³/mol. The van der Waals surface area contributed by atoms with Crippen LogP contribution in [0.1, 0.15) is 52.9 Å². The van der Waals surface area contributed by atoms with Crippen LogP contribution >= 0.6 is 11.6 Å². The van der Waals surface area contributed by atoms with Crippen LogP contribution in [0.15, 0.2) is 42.5 Å². The molecule has 5 heteroatoms. The SMILES string of the molecule is O=C(NC1CCN(Cc2ccc(Cl)cc2)CC1)c1ccc2[nH]c3c(c2c1)CCCC3. The Hall–Kier alpha value is -2.30. The smallest absolute Gasteiger partial charge is 0.251 e. The molecule has 0 saturated carbocycles. The molecular weight excluding hydrogens is 394 g/mol.